The second-order valence-corrected chi connectivity index (χ2v) is 5.13. The molecule has 1 fully saturated rings. The number of nitrogens with zero attached hydrogens (tertiary/aromatic N) is 1. The van der Waals surface area contributed by atoms with Crippen molar-refractivity contribution in [2.45, 2.75) is 25.1 Å². The highest BCUT2D eigenvalue weighted by Crippen LogP contribution is 2.39. The standard InChI is InChI=1S/C16H15F3N2/c17-16(18,19)13-7-3-10-21-15(13)12-6-2-1-5-11(12)14-8-4-9-20-14/h1-3,5-7,10,14,20H,4,8-9H2/t14-/m1/s1. The van der Waals surface area contributed by atoms with Crippen LogP contribution in [0.5, 0.6) is 0 Å². The number of aromatic nitrogens is 1. The number of rotatable bonds is 2. The molecule has 110 valence electrons. The third-order valence-corrected chi connectivity index (χ3v) is 3.76. The minimum Gasteiger partial charge on any atom is -0.310 e. The fourth-order valence-electron chi connectivity index (χ4n) is 2.82. The molecule has 21 heavy (non-hydrogen) atoms. The molecule has 1 aliphatic heterocycles. The molecule has 1 atom stereocenters. The molecule has 0 amide bonds. The van der Waals surface area contributed by atoms with Gasteiger partial charge in [0.05, 0.1) is 11.3 Å². The SMILES string of the molecule is FC(F)(F)c1cccnc1-c1ccccc1[C@H]1CCCN1. The Hall–Kier alpha value is -1.88. The average molecular weight is 292 g/mol. The molecule has 0 spiro atoms. The third-order valence-electron chi connectivity index (χ3n) is 3.76. The van der Waals surface area contributed by atoms with E-state index in [2.05, 4.69) is 10.3 Å². The van der Waals surface area contributed by atoms with Gasteiger partial charge in [-0.3, -0.25) is 4.98 Å². The van der Waals surface area contributed by atoms with E-state index in [0.29, 0.717) is 5.56 Å². The van der Waals surface area contributed by atoms with Crippen LogP contribution in [0.15, 0.2) is 42.6 Å². The highest BCUT2D eigenvalue weighted by Gasteiger charge is 2.35. The van der Waals surface area contributed by atoms with Crippen LogP contribution in [0, 0.1) is 0 Å². The third kappa shape index (κ3) is 2.78. The van der Waals surface area contributed by atoms with Gasteiger partial charge in [-0.05, 0) is 37.1 Å². The van der Waals surface area contributed by atoms with Crippen molar-refractivity contribution in [1.82, 2.24) is 10.3 Å². The number of nitrogens with one attached hydrogen (secondary N) is 1. The molecule has 5 heteroatoms. The van der Waals surface area contributed by atoms with E-state index in [1.54, 1.807) is 12.1 Å². The molecule has 0 saturated carbocycles. The molecule has 0 unspecified atom stereocenters. The van der Waals surface area contributed by atoms with Crippen molar-refractivity contribution < 1.29 is 13.2 Å². The van der Waals surface area contributed by atoms with Gasteiger partial charge in [0.2, 0.25) is 0 Å². The monoisotopic (exact) mass is 292 g/mol. The molecule has 1 N–H and O–H groups in total. The van der Waals surface area contributed by atoms with E-state index >= 15 is 0 Å². The zero-order valence-corrected chi connectivity index (χ0v) is 11.3. The molecule has 0 bridgehead atoms. The highest BCUT2D eigenvalue weighted by atomic mass is 19.4. The van der Waals surface area contributed by atoms with Gasteiger partial charge < -0.3 is 5.32 Å². The maximum Gasteiger partial charge on any atom is 0.418 e. The second kappa shape index (κ2) is 5.48. The van der Waals surface area contributed by atoms with Gasteiger partial charge in [0.25, 0.3) is 0 Å². The van der Waals surface area contributed by atoms with Crippen LogP contribution in [-0.2, 0) is 6.18 Å². The summed E-state index contributed by atoms with van der Waals surface area (Å²) in [5.41, 5.74) is 0.772. The van der Waals surface area contributed by atoms with E-state index in [-0.39, 0.29) is 11.7 Å². The van der Waals surface area contributed by atoms with Gasteiger partial charge >= 0.3 is 6.18 Å². The van der Waals surface area contributed by atoms with Gasteiger partial charge in [-0.1, -0.05) is 24.3 Å². The Kier molecular flexibility index (Phi) is 3.68. The van der Waals surface area contributed by atoms with Crippen molar-refractivity contribution in [3.05, 3.63) is 53.7 Å². The molecule has 1 aromatic heterocycles. The summed E-state index contributed by atoms with van der Waals surface area (Å²) in [5, 5.41) is 3.33. The summed E-state index contributed by atoms with van der Waals surface area (Å²) < 4.78 is 39.6. The highest BCUT2D eigenvalue weighted by molar-refractivity contribution is 5.68. The van der Waals surface area contributed by atoms with E-state index in [1.807, 2.05) is 12.1 Å². The lowest BCUT2D eigenvalue weighted by molar-refractivity contribution is -0.137. The summed E-state index contributed by atoms with van der Waals surface area (Å²) in [7, 11) is 0. The topological polar surface area (TPSA) is 24.9 Å². The van der Waals surface area contributed by atoms with E-state index < -0.39 is 11.7 Å². The van der Waals surface area contributed by atoms with Crippen LogP contribution in [0.1, 0.15) is 30.0 Å². The minimum absolute atomic E-state index is 0.00861. The smallest absolute Gasteiger partial charge is 0.310 e. The van der Waals surface area contributed by atoms with Crippen LogP contribution in [0.3, 0.4) is 0 Å². The molecule has 0 aliphatic carbocycles. The van der Waals surface area contributed by atoms with Crippen LogP contribution in [0.25, 0.3) is 11.3 Å². The Morgan fingerprint density at radius 2 is 1.90 bits per heavy atom. The molecule has 2 aromatic rings. The summed E-state index contributed by atoms with van der Waals surface area (Å²) in [6.07, 6.45) is -1.03. The Bertz CT molecular complexity index is 631. The van der Waals surface area contributed by atoms with Gasteiger partial charge in [0.1, 0.15) is 0 Å². The van der Waals surface area contributed by atoms with Crippen molar-refractivity contribution in [2.75, 3.05) is 6.54 Å². The van der Waals surface area contributed by atoms with Crippen LogP contribution in [0.2, 0.25) is 0 Å². The molecule has 2 nitrogen and oxygen atoms in total. The Morgan fingerprint density at radius 3 is 2.62 bits per heavy atom. The zero-order valence-electron chi connectivity index (χ0n) is 11.3. The van der Waals surface area contributed by atoms with Gasteiger partial charge in [-0.25, -0.2) is 0 Å². The Labute approximate surface area is 121 Å². The fourth-order valence-corrected chi connectivity index (χ4v) is 2.82. The number of halogens is 3. The van der Waals surface area contributed by atoms with Crippen LogP contribution >= 0.6 is 0 Å². The largest absolute Gasteiger partial charge is 0.418 e. The Balaban J connectivity index is 2.13. The fraction of sp³-hybridized carbons (Fsp3) is 0.312. The maximum atomic E-state index is 13.2. The van der Waals surface area contributed by atoms with Crippen LogP contribution < -0.4 is 5.32 Å². The average Bonchev–Trinajstić information content (AvgIpc) is 3.00. The molecule has 0 radical (unpaired) electrons. The molecule has 3 rings (SSSR count). The second-order valence-electron chi connectivity index (χ2n) is 5.13. The molecule has 1 saturated heterocycles. The maximum absolute atomic E-state index is 13.2. The first-order chi connectivity index (χ1) is 10.1. The number of pyridine rings is 1. The lowest BCUT2D eigenvalue weighted by Gasteiger charge is -2.18. The predicted molar refractivity (Wildman–Crippen MR) is 74.7 cm³/mol. The van der Waals surface area contributed by atoms with Crippen molar-refractivity contribution in [3.63, 3.8) is 0 Å². The summed E-state index contributed by atoms with van der Waals surface area (Å²) >= 11 is 0. The first-order valence-electron chi connectivity index (χ1n) is 6.92. The quantitative estimate of drug-likeness (QED) is 0.897. The van der Waals surface area contributed by atoms with Gasteiger partial charge in [-0.2, -0.15) is 13.2 Å². The van der Waals surface area contributed by atoms with Crippen molar-refractivity contribution in [3.8, 4) is 11.3 Å². The van der Waals surface area contributed by atoms with Gasteiger partial charge in [0, 0.05) is 17.8 Å². The normalized spacial score (nSPS) is 18.9. The predicted octanol–water partition coefficient (Wildman–Crippen LogP) is 4.19. The summed E-state index contributed by atoms with van der Waals surface area (Å²) in [4.78, 5) is 4.00. The molecule has 1 aliphatic rings. The molecular weight excluding hydrogens is 277 g/mol. The number of alkyl halides is 3. The van der Waals surface area contributed by atoms with E-state index in [0.717, 1.165) is 31.0 Å². The first-order valence-corrected chi connectivity index (χ1v) is 6.92. The zero-order chi connectivity index (χ0) is 14.9. The lowest BCUT2D eigenvalue weighted by Crippen LogP contribution is -2.15. The van der Waals surface area contributed by atoms with Crippen molar-refractivity contribution >= 4 is 0 Å². The number of benzene rings is 1. The van der Waals surface area contributed by atoms with Gasteiger partial charge in [0.15, 0.2) is 0 Å². The Morgan fingerprint density at radius 1 is 1.10 bits per heavy atom. The molecule has 1 aromatic carbocycles. The van der Waals surface area contributed by atoms with Crippen molar-refractivity contribution in [2.24, 2.45) is 0 Å². The molecule has 2 heterocycles. The van der Waals surface area contributed by atoms with Crippen molar-refractivity contribution in [1.29, 1.82) is 0 Å². The van der Waals surface area contributed by atoms with Crippen LogP contribution in [0.4, 0.5) is 13.2 Å². The van der Waals surface area contributed by atoms with E-state index in [4.69, 9.17) is 0 Å². The number of hydrogen-bond donors (Lipinski definition) is 1. The first kappa shape index (κ1) is 14.1. The van der Waals surface area contributed by atoms with E-state index in [1.165, 1.54) is 12.3 Å². The van der Waals surface area contributed by atoms with Crippen LogP contribution in [-0.4, -0.2) is 11.5 Å². The lowest BCUT2D eigenvalue weighted by atomic mass is 9.94. The molecular formula is C16H15F3N2. The summed E-state index contributed by atoms with van der Waals surface area (Å²) in [5.74, 6) is 0. The van der Waals surface area contributed by atoms with E-state index in [9.17, 15) is 13.2 Å². The summed E-state index contributed by atoms with van der Waals surface area (Å²) in [6, 6.07) is 9.71. The van der Waals surface area contributed by atoms with Gasteiger partial charge in [-0.15, -0.1) is 0 Å². The minimum atomic E-state index is -4.40. The number of hydrogen-bond acceptors (Lipinski definition) is 2. The summed E-state index contributed by atoms with van der Waals surface area (Å²) in [6.45, 7) is 0.896.